The number of unbranched alkanes of at least 4 members (excludes halogenated alkanes) is 1. The minimum absolute atomic E-state index is 0.0529. The zero-order valence-electron chi connectivity index (χ0n) is 16.9. The van der Waals surface area contributed by atoms with E-state index in [1.54, 1.807) is 0 Å². The average Bonchev–Trinajstić information content (AvgIpc) is 2.64. The Morgan fingerprint density at radius 3 is 2.41 bits per heavy atom. The molecule has 1 amide bonds. The summed E-state index contributed by atoms with van der Waals surface area (Å²) in [7, 11) is 0. The number of carbonyl (C=O) groups excluding carboxylic acids is 1. The molecular weight excluding hydrogens is 338 g/mol. The third-order valence-corrected chi connectivity index (χ3v) is 4.44. The summed E-state index contributed by atoms with van der Waals surface area (Å²) in [6.45, 7) is 12.1. The second-order valence-electron chi connectivity index (χ2n) is 6.67. The van der Waals surface area contributed by atoms with Gasteiger partial charge < -0.3 is 15.5 Å². The maximum Gasteiger partial charge on any atom is 0.251 e. The summed E-state index contributed by atoms with van der Waals surface area (Å²) in [4.78, 5) is 23.5. The summed E-state index contributed by atoms with van der Waals surface area (Å²) in [5, 5.41) is 6.18. The predicted molar refractivity (Wildman–Crippen MR) is 111 cm³/mol. The molecule has 0 saturated carbocycles. The largest absolute Gasteiger partial charge is 0.352 e. The van der Waals surface area contributed by atoms with Crippen LogP contribution in [0.15, 0.2) is 30.3 Å². The summed E-state index contributed by atoms with van der Waals surface area (Å²) in [6, 6.07) is 9.34. The van der Waals surface area contributed by atoms with Crippen molar-refractivity contribution in [2.45, 2.75) is 40.5 Å². The maximum atomic E-state index is 12.4. The zero-order chi connectivity index (χ0) is 19.6. The van der Waals surface area contributed by atoms with Gasteiger partial charge in [-0.3, -0.25) is 4.79 Å². The van der Waals surface area contributed by atoms with Gasteiger partial charge in [0.15, 0.2) is 0 Å². The van der Waals surface area contributed by atoms with Crippen LogP contribution in [0.1, 0.15) is 48.4 Å². The first-order chi connectivity index (χ1) is 13.0. The van der Waals surface area contributed by atoms with Gasteiger partial charge in [0.05, 0.1) is 0 Å². The average molecular weight is 370 g/mol. The molecule has 0 aliphatic rings. The highest BCUT2D eigenvalue weighted by atomic mass is 16.1. The zero-order valence-corrected chi connectivity index (χ0v) is 16.9. The number of carbonyl (C=O) groups is 1. The molecule has 0 spiro atoms. The Labute approximate surface area is 162 Å². The van der Waals surface area contributed by atoms with Gasteiger partial charge in [-0.05, 0) is 70.6 Å². The van der Waals surface area contributed by atoms with Crippen molar-refractivity contribution in [1.29, 1.82) is 0 Å². The van der Waals surface area contributed by atoms with Crippen LogP contribution in [0.3, 0.4) is 0 Å². The lowest BCUT2D eigenvalue weighted by molar-refractivity contribution is 0.0952. The second kappa shape index (κ2) is 10.6. The van der Waals surface area contributed by atoms with Crippen LogP contribution in [0.25, 0.3) is 0 Å². The van der Waals surface area contributed by atoms with Crippen LogP contribution in [0.5, 0.6) is 0 Å². The molecule has 1 heterocycles. The minimum Gasteiger partial charge on any atom is -0.352 e. The molecule has 2 aromatic rings. The highest BCUT2D eigenvalue weighted by Gasteiger charge is 2.07. The molecule has 2 N–H and O–H groups in total. The van der Waals surface area contributed by atoms with E-state index in [0.717, 1.165) is 49.6 Å². The second-order valence-corrected chi connectivity index (χ2v) is 6.67. The molecule has 6 nitrogen and oxygen atoms in total. The highest BCUT2D eigenvalue weighted by Crippen LogP contribution is 2.15. The molecule has 0 aliphatic heterocycles. The Balaban J connectivity index is 1.86. The highest BCUT2D eigenvalue weighted by molar-refractivity contribution is 5.95. The number of amides is 1. The lowest BCUT2D eigenvalue weighted by atomic mass is 10.2. The molecule has 6 heteroatoms. The van der Waals surface area contributed by atoms with E-state index in [1.165, 1.54) is 0 Å². The minimum atomic E-state index is -0.0529. The first-order valence-corrected chi connectivity index (χ1v) is 9.71. The van der Waals surface area contributed by atoms with Crippen molar-refractivity contribution in [2.75, 3.05) is 31.5 Å². The molecular formula is C21H31N5O. The van der Waals surface area contributed by atoms with E-state index in [0.29, 0.717) is 18.1 Å². The number of rotatable bonds is 10. The van der Waals surface area contributed by atoms with E-state index < -0.39 is 0 Å². The Hall–Kier alpha value is -2.47. The fraction of sp³-hybridized carbons (Fsp3) is 0.476. The normalized spacial score (nSPS) is 10.9. The van der Waals surface area contributed by atoms with Crippen molar-refractivity contribution in [3.63, 3.8) is 0 Å². The van der Waals surface area contributed by atoms with Crippen molar-refractivity contribution >= 4 is 17.5 Å². The van der Waals surface area contributed by atoms with E-state index in [4.69, 9.17) is 0 Å². The van der Waals surface area contributed by atoms with Gasteiger partial charge in [-0.2, -0.15) is 0 Å². The van der Waals surface area contributed by atoms with Gasteiger partial charge in [0.25, 0.3) is 5.91 Å². The number of aromatic nitrogens is 2. The number of benzene rings is 1. The van der Waals surface area contributed by atoms with Crippen LogP contribution >= 0.6 is 0 Å². The van der Waals surface area contributed by atoms with Crippen molar-refractivity contribution in [2.24, 2.45) is 0 Å². The van der Waals surface area contributed by atoms with Crippen molar-refractivity contribution in [1.82, 2.24) is 20.2 Å². The number of hydrogen-bond donors (Lipinski definition) is 2. The molecule has 0 unspecified atom stereocenters. The summed E-state index contributed by atoms with van der Waals surface area (Å²) in [6.07, 6.45) is 2.07. The Bertz CT molecular complexity index is 723. The lowest BCUT2D eigenvalue weighted by Crippen LogP contribution is -2.27. The quantitative estimate of drug-likeness (QED) is 0.625. The molecule has 0 atom stereocenters. The van der Waals surface area contributed by atoms with Crippen molar-refractivity contribution < 1.29 is 4.79 Å². The van der Waals surface area contributed by atoms with E-state index in [-0.39, 0.29) is 5.91 Å². The van der Waals surface area contributed by atoms with Crippen LogP contribution in [0.4, 0.5) is 11.6 Å². The SMILES string of the molecule is CCN(CC)CCCCNC(=O)c1cccc(Nc2nc(C)cc(C)n2)c1. The Kier molecular flexibility index (Phi) is 8.20. The molecule has 146 valence electrons. The number of hydrogen-bond acceptors (Lipinski definition) is 5. The predicted octanol–water partition coefficient (Wildman–Crippen LogP) is 3.69. The van der Waals surface area contributed by atoms with E-state index >= 15 is 0 Å². The topological polar surface area (TPSA) is 70.2 Å². The third kappa shape index (κ3) is 6.98. The van der Waals surface area contributed by atoms with E-state index in [1.807, 2.05) is 44.2 Å². The van der Waals surface area contributed by atoms with Gasteiger partial charge >= 0.3 is 0 Å². The number of anilines is 2. The fourth-order valence-corrected chi connectivity index (χ4v) is 2.95. The van der Waals surface area contributed by atoms with Gasteiger partial charge in [-0.15, -0.1) is 0 Å². The fourth-order valence-electron chi connectivity index (χ4n) is 2.95. The molecule has 0 fully saturated rings. The molecule has 1 aromatic carbocycles. The van der Waals surface area contributed by atoms with Crippen LogP contribution in [-0.4, -0.2) is 47.0 Å². The van der Waals surface area contributed by atoms with Gasteiger partial charge in [0, 0.05) is 29.2 Å². The molecule has 0 aliphatic carbocycles. The molecule has 2 rings (SSSR count). The van der Waals surface area contributed by atoms with Crippen LogP contribution in [0.2, 0.25) is 0 Å². The molecule has 27 heavy (non-hydrogen) atoms. The molecule has 0 saturated heterocycles. The first-order valence-electron chi connectivity index (χ1n) is 9.71. The number of aryl methyl sites for hydroxylation is 2. The molecule has 1 aromatic heterocycles. The standard InChI is InChI=1S/C21H31N5O/c1-5-26(6-2)13-8-7-12-22-20(27)18-10-9-11-19(15-18)25-21-23-16(3)14-17(4)24-21/h9-11,14-15H,5-8,12-13H2,1-4H3,(H,22,27)(H,23,24,25). The first kappa shape index (κ1) is 20.8. The number of nitrogens with zero attached hydrogens (tertiary/aromatic N) is 3. The van der Waals surface area contributed by atoms with Gasteiger partial charge in [0.1, 0.15) is 0 Å². The molecule has 0 bridgehead atoms. The van der Waals surface area contributed by atoms with Gasteiger partial charge in [-0.1, -0.05) is 19.9 Å². The smallest absolute Gasteiger partial charge is 0.251 e. The van der Waals surface area contributed by atoms with Crippen molar-refractivity contribution in [3.05, 3.63) is 47.3 Å². The van der Waals surface area contributed by atoms with Crippen LogP contribution < -0.4 is 10.6 Å². The summed E-state index contributed by atoms with van der Waals surface area (Å²) in [5.41, 5.74) is 3.24. The van der Waals surface area contributed by atoms with Crippen LogP contribution in [0, 0.1) is 13.8 Å². The van der Waals surface area contributed by atoms with Gasteiger partial charge in [0.2, 0.25) is 5.95 Å². The number of nitrogens with one attached hydrogen (secondary N) is 2. The van der Waals surface area contributed by atoms with E-state index in [9.17, 15) is 4.79 Å². The van der Waals surface area contributed by atoms with E-state index in [2.05, 4.69) is 39.3 Å². The van der Waals surface area contributed by atoms with Crippen molar-refractivity contribution in [3.8, 4) is 0 Å². The molecule has 0 radical (unpaired) electrons. The summed E-state index contributed by atoms with van der Waals surface area (Å²) < 4.78 is 0. The van der Waals surface area contributed by atoms with Crippen LogP contribution in [-0.2, 0) is 0 Å². The van der Waals surface area contributed by atoms with Gasteiger partial charge in [-0.25, -0.2) is 9.97 Å². The summed E-state index contributed by atoms with van der Waals surface area (Å²) in [5.74, 6) is 0.490. The monoisotopic (exact) mass is 369 g/mol. The summed E-state index contributed by atoms with van der Waals surface area (Å²) >= 11 is 0. The lowest BCUT2D eigenvalue weighted by Gasteiger charge is -2.17. The Morgan fingerprint density at radius 1 is 1.04 bits per heavy atom. The Morgan fingerprint density at radius 2 is 1.74 bits per heavy atom. The third-order valence-electron chi connectivity index (χ3n) is 4.44. The maximum absolute atomic E-state index is 12.4.